The zero-order valence-electron chi connectivity index (χ0n) is 16.1. The van der Waals surface area contributed by atoms with Gasteiger partial charge < -0.3 is 20.0 Å². The fourth-order valence-electron chi connectivity index (χ4n) is 2.69. The van der Waals surface area contributed by atoms with Crippen molar-refractivity contribution in [3.8, 4) is 11.5 Å². The number of hydrogen-bond donors (Lipinski definition) is 2. The van der Waals surface area contributed by atoms with Crippen molar-refractivity contribution in [1.29, 1.82) is 0 Å². The van der Waals surface area contributed by atoms with Crippen LogP contribution in [0.2, 0.25) is 0 Å². The number of carbonyl (C=O) groups excluding carboxylic acids is 1. The fourth-order valence-corrected chi connectivity index (χ4v) is 2.69. The summed E-state index contributed by atoms with van der Waals surface area (Å²) in [4.78, 5) is 25.9. The molecule has 0 saturated heterocycles. The average molecular weight is 410 g/mol. The molecule has 11 heteroatoms. The highest BCUT2D eigenvalue weighted by atomic mass is 16.6. The highest BCUT2D eigenvalue weighted by Crippen LogP contribution is 2.22. The minimum Gasteiger partial charge on any atom is -0.507 e. The van der Waals surface area contributed by atoms with Gasteiger partial charge in [-0.1, -0.05) is 17.1 Å². The van der Waals surface area contributed by atoms with Gasteiger partial charge in [-0.25, -0.2) is 5.43 Å². The van der Waals surface area contributed by atoms with Gasteiger partial charge in [0.15, 0.2) is 0 Å². The molecule has 0 unspecified atom stereocenters. The lowest BCUT2D eigenvalue weighted by atomic mass is 10.1. The molecule has 154 valence electrons. The molecule has 0 fully saturated rings. The Labute approximate surface area is 170 Å². The van der Waals surface area contributed by atoms with Crippen LogP contribution in [0.25, 0.3) is 0 Å². The van der Waals surface area contributed by atoms with E-state index in [9.17, 15) is 20.0 Å². The SMILES string of the molecule is COc1ccc(/C=N\NC(=O)c2cccc(C)c2O)cc1Cn1cnc([N+](=O)[O-])n1. The zero-order valence-corrected chi connectivity index (χ0v) is 16.1. The second-order valence-corrected chi connectivity index (χ2v) is 6.24. The Morgan fingerprint density at radius 3 is 2.90 bits per heavy atom. The number of rotatable bonds is 7. The number of nitrogens with one attached hydrogen (secondary N) is 1. The third-order valence-corrected chi connectivity index (χ3v) is 4.19. The predicted octanol–water partition coefficient (Wildman–Crippen LogP) is 2.02. The lowest BCUT2D eigenvalue weighted by molar-refractivity contribution is -0.394. The molecular formula is C19H18N6O5. The Morgan fingerprint density at radius 1 is 1.40 bits per heavy atom. The maximum absolute atomic E-state index is 12.2. The number of aromatic nitrogens is 3. The van der Waals surface area contributed by atoms with Gasteiger partial charge in [-0.3, -0.25) is 4.79 Å². The van der Waals surface area contributed by atoms with Crippen LogP contribution in [0.1, 0.15) is 27.0 Å². The zero-order chi connectivity index (χ0) is 21.7. The van der Waals surface area contributed by atoms with E-state index < -0.39 is 16.8 Å². The molecule has 0 aliphatic rings. The van der Waals surface area contributed by atoms with Gasteiger partial charge in [0.25, 0.3) is 5.91 Å². The maximum Gasteiger partial charge on any atom is 0.490 e. The van der Waals surface area contributed by atoms with Gasteiger partial charge in [0, 0.05) is 10.7 Å². The van der Waals surface area contributed by atoms with Crippen LogP contribution in [0.5, 0.6) is 11.5 Å². The first-order valence-electron chi connectivity index (χ1n) is 8.71. The number of phenols is 1. The second-order valence-electron chi connectivity index (χ2n) is 6.24. The van der Waals surface area contributed by atoms with Crippen molar-refractivity contribution >= 4 is 18.1 Å². The minimum absolute atomic E-state index is 0.0983. The van der Waals surface area contributed by atoms with E-state index >= 15 is 0 Å². The summed E-state index contributed by atoms with van der Waals surface area (Å²) in [6.07, 6.45) is 2.68. The number of phenolic OH excluding ortho intramolecular Hbond substituents is 1. The van der Waals surface area contributed by atoms with E-state index in [1.54, 1.807) is 37.3 Å². The van der Waals surface area contributed by atoms with E-state index in [-0.39, 0.29) is 17.9 Å². The minimum atomic E-state index is -0.675. The van der Waals surface area contributed by atoms with Crippen LogP contribution in [0.15, 0.2) is 47.8 Å². The number of amides is 1. The molecule has 0 atom stereocenters. The van der Waals surface area contributed by atoms with E-state index in [2.05, 4.69) is 20.6 Å². The molecule has 0 bridgehead atoms. The van der Waals surface area contributed by atoms with Gasteiger partial charge in [0.2, 0.25) is 6.33 Å². The molecule has 0 aliphatic heterocycles. The maximum atomic E-state index is 12.2. The average Bonchev–Trinajstić information content (AvgIpc) is 3.19. The Hall–Kier alpha value is -4.28. The van der Waals surface area contributed by atoms with E-state index in [1.807, 2.05) is 0 Å². The monoisotopic (exact) mass is 410 g/mol. The van der Waals surface area contributed by atoms with Crippen LogP contribution in [-0.2, 0) is 6.54 Å². The van der Waals surface area contributed by atoms with E-state index in [0.29, 0.717) is 22.4 Å². The summed E-state index contributed by atoms with van der Waals surface area (Å²) < 4.78 is 6.63. The highest BCUT2D eigenvalue weighted by molar-refractivity contribution is 5.97. The molecule has 30 heavy (non-hydrogen) atoms. The van der Waals surface area contributed by atoms with Crippen molar-refractivity contribution in [2.75, 3.05) is 7.11 Å². The van der Waals surface area contributed by atoms with Gasteiger partial charge in [-0.2, -0.15) is 9.78 Å². The lowest BCUT2D eigenvalue weighted by Gasteiger charge is -2.08. The summed E-state index contributed by atoms with van der Waals surface area (Å²) in [5, 5.41) is 28.4. The summed E-state index contributed by atoms with van der Waals surface area (Å²) >= 11 is 0. The normalized spacial score (nSPS) is 10.9. The first-order chi connectivity index (χ1) is 14.4. The van der Waals surface area contributed by atoms with Crippen LogP contribution >= 0.6 is 0 Å². The first kappa shape index (κ1) is 20.5. The van der Waals surface area contributed by atoms with Crippen LogP contribution < -0.4 is 10.2 Å². The molecule has 0 aliphatic carbocycles. The summed E-state index contributed by atoms with van der Waals surface area (Å²) in [7, 11) is 1.50. The topological polar surface area (TPSA) is 145 Å². The smallest absolute Gasteiger partial charge is 0.490 e. The van der Waals surface area contributed by atoms with E-state index in [1.165, 1.54) is 30.4 Å². The number of nitro groups is 1. The summed E-state index contributed by atoms with van der Waals surface area (Å²) in [5.74, 6) is -0.581. The number of aromatic hydroxyl groups is 1. The number of ether oxygens (including phenoxy) is 1. The van der Waals surface area contributed by atoms with Gasteiger partial charge >= 0.3 is 5.95 Å². The van der Waals surface area contributed by atoms with Crippen molar-refractivity contribution < 1.29 is 19.6 Å². The molecule has 3 rings (SSSR count). The number of hydrogen-bond acceptors (Lipinski definition) is 8. The lowest BCUT2D eigenvalue weighted by Crippen LogP contribution is -2.18. The molecule has 2 N–H and O–H groups in total. The molecule has 0 saturated carbocycles. The highest BCUT2D eigenvalue weighted by Gasteiger charge is 2.15. The van der Waals surface area contributed by atoms with E-state index in [4.69, 9.17) is 4.74 Å². The largest absolute Gasteiger partial charge is 0.507 e. The quantitative estimate of drug-likeness (QED) is 0.344. The van der Waals surface area contributed by atoms with Crippen molar-refractivity contribution in [2.45, 2.75) is 13.5 Å². The molecule has 11 nitrogen and oxygen atoms in total. The Morgan fingerprint density at radius 2 is 2.20 bits per heavy atom. The van der Waals surface area contributed by atoms with Gasteiger partial charge in [-0.05, 0) is 47.2 Å². The van der Waals surface area contributed by atoms with Gasteiger partial charge in [0.05, 0.1) is 25.4 Å². The van der Waals surface area contributed by atoms with E-state index in [0.717, 1.165) is 0 Å². The first-order valence-corrected chi connectivity index (χ1v) is 8.71. The van der Waals surface area contributed by atoms with Crippen molar-refractivity contribution in [3.05, 3.63) is 75.1 Å². The molecule has 3 aromatic rings. The molecule has 1 amide bonds. The molecule has 2 aromatic carbocycles. The summed E-state index contributed by atoms with van der Waals surface area (Å²) in [6, 6.07) is 10.0. The van der Waals surface area contributed by atoms with Gasteiger partial charge in [-0.15, -0.1) is 0 Å². The fraction of sp³-hybridized carbons (Fsp3) is 0.158. The van der Waals surface area contributed by atoms with Crippen LogP contribution in [-0.4, -0.2) is 44.0 Å². The summed E-state index contributed by atoms with van der Waals surface area (Å²) in [5.41, 5.74) is 4.40. The molecule has 1 aromatic heterocycles. The van der Waals surface area contributed by atoms with Crippen LogP contribution in [0, 0.1) is 17.0 Å². The second kappa shape index (κ2) is 8.82. The predicted molar refractivity (Wildman–Crippen MR) is 107 cm³/mol. The molecular weight excluding hydrogens is 392 g/mol. The molecule has 1 heterocycles. The van der Waals surface area contributed by atoms with Crippen LogP contribution in [0.4, 0.5) is 5.95 Å². The van der Waals surface area contributed by atoms with Crippen molar-refractivity contribution in [2.24, 2.45) is 5.10 Å². The third kappa shape index (κ3) is 4.58. The molecule has 0 spiro atoms. The molecule has 0 radical (unpaired) electrons. The number of aryl methyl sites for hydroxylation is 1. The Balaban J connectivity index is 1.74. The third-order valence-electron chi connectivity index (χ3n) is 4.19. The number of para-hydroxylation sites is 1. The number of carbonyl (C=O) groups is 1. The van der Waals surface area contributed by atoms with Crippen LogP contribution in [0.3, 0.4) is 0 Å². The standard InChI is InChI=1S/C19H18N6O5/c1-12-4-3-5-15(17(12)26)18(27)22-21-9-13-6-7-16(30-2)14(8-13)10-24-11-20-19(23-24)25(28)29/h3-9,11,26H,10H2,1-2H3,(H,22,27)/b21-9-. The van der Waals surface area contributed by atoms with Gasteiger partial charge in [0.1, 0.15) is 11.5 Å². The Bertz CT molecular complexity index is 1120. The van der Waals surface area contributed by atoms with Crippen molar-refractivity contribution in [1.82, 2.24) is 20.2 Å². The number of benzene rings is 2. The van der Waals surface area contributed by atoms with Crippen molar-refractivity contribution in [3.63, 3.8) is 0 Å². The Kier molecular flexibility index (Phi) is 6.01. The number of nitrogens with zero attached hydrogens (tertiary/aromatic N) is 5. The number of methoxy groups -OCH3 is 1. The summed E-state index contributed by atoms with van der Waals surface area (Å²) in [6.45, 7) is 1.88. The number of hydrazone groups is 1.